The Balaban J connectivity index is 1.77. The molecule has 1 aromatic carbocycles. The summed E-state index contributed by atoms with van der Waals surface area (Å²) in [6, 6.07) is 11.7. The van der Waals surface area contributed by atoms with Crippen LogP contribution in [0.25, 0.3) is 0 Å². The van der Waals surface area contributed by atoms with E-state index in [2.05, 4.69) is 14.9 Å². The average molecular weight is 326 g/mol. The van der Waals surface area contributed by atoms with E-state index in [0.29, 0.717) is 31.4 Å². The van der Waals surface area contributed by atoms with Crippen LogP contribution < -0.4 is 4.90 Å². The molecule has 0 radical (unpaired) electrons. The number of aryl methyl sites for hydroxylation is 1. The van der Waals surface area contributed by atoms with Crippen LogP contribution in [-0.4, -0.2) is 54.1 Å². The molecule has 0 bridgehead atoms. The molecule has 0 spiro atoms. The molecule has 0 saturated carbocycles. The first-order valence-corrected chi connectivity index (χ1v) is 8.11. The van der Waals surface area contributed by atoms with E-state index >= 15 is 0 Å². The van der Waals surface area contributed by atoms with Crippen LogP contribution in [-0.2, 0) is 11.3 Å². The van der Waals surface area contributed by atoms with E-state index in [1.165, 1.54) is 0 Å². The molecule has 126 valence electrons. The van der Waals surface area contributed by atoms with Gasteiger partial charge < -0.3 is 14.5 Å². The highest BCUT2D eigenvalue weighted by Gasteiger charge is 2.19. The predicted molar refractivity (Wildman–Crippen MR) is 92.0 cm³/mol. The number of rotatable bonds is 4. The van der Waals surface area contributed by atoms with Gasteiger partial charge in [0.2, 0.25) is 5.95 Å². The fourth-order valence-corrected chi connectivity index (χ4v) is 2.69. The van der Waals surface area contributed by atoms with Crippen LogP contribution in [0.4, 0.5) is 5.95 Å². The highest BCUT2D eigenvalue weighted by molar-refractivity contribution is 5.92. The molecule has 24 heavy (non-hydrogen) atoms. The normalized spacial score (nSPS) is 14.5. The van der Waals surface area contributed by atoms with Gasteiger partial charge in [0.15, 0.2) is 0 Å². The van der Waals surface area contributed by atoms with E-state index < -0.39 is 0 Å². The minimum absolute atomic E-state index is 0.0983. The van der Waals surface area contributed by atoms with Crippen LogP contribution >= 0.6 is 0 Å². The lowest BCUT2D eigenvalue weighted by Gasteiger charge is -2.27. The van der Waals surface area contributed by atoms with E-state index in [4.69, 9.17) is 4.74 Å². The Bertz CT molecular complexity index is 699. The van der Waals surface area contributed by atoms with Gasteiger partial charge in [-0.05, 0) is 18.6 Å². The maximum absolute atomic E-state index is 12.7. The first-order chi connectivity index (χ1) is 11.6. The largest absolute Gasteiger partial charge is 0.378 e. The van der Waals surface area contributed by atoms with Gasteiger partial charge in [-0.1, -0.05) is 30.3 Å². The van der Waals surface area contributed by atoms with Crippen molar-refractivity contribution in [2.75, 3.05) is 38.3 Å². The second kappa shape index (κ2) is 7.40. The van der Waals surface area contributed by atoms with Gasteiger partial charge in [-0.3, -0.25) is 4.79 Å². The number of ether oxygens (including phenoxy) is 1. The number of anilines is 1. The first-order valence-electron chi connectivity index (χ1n) is 8.11. The number of carbonyl (C=O) groups is 1. The fraction of sp³-hybridized carbons (Fsp3) is 0.389. The van der Waals surface area contributed by atoms with Crippen LogP contribution in [0.5, 0.6) is 0 Å². The van der Waals surface area contributed by atoms with Crippen molar-refractivity contribution in [3.63, 3.8) is 0 Å². The zero-order chi connectivity index (χ0) is 16.9. The number of hydrogen-bond donors (Lipinski definition) is 0. The molecule has 1 aliphatic rings. The summed E-state index contributed by atoms with van der Waals surface area (Å²) in [5, 5.41) is 0. The molecule has 0 aliphatic carbocycles. The predicted octanol–water partition coefficient (Wildman–Crippen LogP) is 1.89. The fourth-order valence-electron chi connectivity index (χ4n) is 2.69. The molecule has 6 heteroatoms. The number of hydrogen-bond acceptors (Lipinski definition) is 5. The topological polar surface area (TPSA) is 58.6 Å². The van der Waals surface area contributed by atoms with Crippen LogP contribution in [0.2, 0.25) is 0 Å². The third-order valence-electron chi connectivity index (χ3n) is 3.96. The van der Waals surface area contributed by atoms with E-state index in [1.807, 2.05) is 37.3 Å². The second-order valence-corrected chi connectivity index (χ2v) is 5.94. The van der Waals surface area contributed by atoms with Crippen molar-refractivity contribution in [1.82, 2.24) is 14.9 Å². The van der Waals surface area contributed by atoms with Gasteiger partial charge in [-0.2, -0.15) is 0 Å². The summed E-state index contributed by atoms with van der Waals surface area (Å²) in [7, 11) is 1.79. The van der Waals surface area contributed by atoms with Crippen molar-refractivity contribution in [2.24, 2.45) is 0 Å². The molecule has 1 aromatic heterocycles. The number of carbonyl (C=O) groups excluding carboxylic acids is 1. The van der Waals surface area contributed by atoms with E-state index in [1.54, 1.807) is 18.0 Å². The molecule has 0 unspecified atom stereocenters. The molecule has 1 aliphatic heterocycles. The number of amides is 1. The summed E-state index contributed by atoms with van der Waals surface area (Å²) in [4.78, 5) is 25.4. The van der Waals surface area contributed by atoms with Crippen LogP contribution in [0.3, 0.4) is 0 Å². The highest BCUT2D eigenvalue weighted by atomic mass is 16.5. The van der Waals surface area contributed by atoms with Crippen molar-refractivity contribution in [3.05, 3.63) is 53.3 Å². The summed E-state index contributed by atoms with van der Waals surface area (Å²) in [6.07, 6.45) is 0. The minimum Gasteiger partial charge on any atom is -0.378 e. The van der Waals surface area contributed by atoms with E-state index in [0.717, 1.165) is 24.3 Å². The summed E-state index contributed by atoms with van der Waals surface area (Å²) < 4.78 is 5.36. The second-order valence-electron chi connectivity index (χ2n) is 5.94. The Labute approximate surface area is 142 Å². The molecule has 2 heterocycles. The first kappa shape index (κ1) is 16.4. The lowest BCUT2D eigenvalue weighted by molar-refractivity contribution is 0.0779. The van der Waals surface area contributed by atoms with Crippen LogP contribution in [0, 0.1) is 6.92 Å². The zero-order valence-corrected chi connectivity index (χ0v) is 14.1. The van der Waals surface area contributed by atoms with Gasteiger partial charge in [0.05, 0.1) is 13.2 Å². The summed E-state index contributed by atoms with van der Waals surface area (Å²) >= 11 is 0. The van der Waals surface area contributed by atoms with Crippen molar-refractivity contribution >= 4 is 11.9 Å². The maximum atomic E-state index is 12.7. The van der Waals surface area contributed by atoms with Gasteiger partial charge in [0.25, 0.3) is 5.91 Å². The van der Waals surface area contributed by atoms with Crippen molar-refractivity contribution in [1.29, 1.82) is 0 Å². The van der Waals surface area contributed by atoms with Gasteiger partial charge in [-0.25, -0.2) is 9.97 Å². The zero-order valence-electron chi connectivity index (χ0n) is 14.1. The highest BCUT2D eigenvalue weighted by Crippen LogP contribution is 2.14. The summed E-state index contributed by atoms with van der Waals surface area (Å²) in [5.41, 5.74) is 2.32. The van der Waals surface area contributed by atoms with E-state index in [9.17, 15) is 4.79 Å². The Morgan fingerprint density at radius 1 is 1.21 bits per heavy atom. The summed E-state index contributed by atoms with van der Waals surface area (Å²) in [6.45, 7) is 5.26. The molecule has 1 amide bonds. The molecule has 1 fully saturated rings. The third kappa shape index (κ3) is 3.89. The monoisotopic (exact) mass is 326 g/mol. The molecule has 2 aromatic rings. The standard InChI is InChI=1S/C18H22N4O2/c1-14-12-16(20-18(19-14)22-8-10-24-11-9-22)17(23)21(2)13-15-6-4-3-5-7-15/h3-7,12H,8-11,13H2,1-2H3. The Morgan fingerprint density at radius 3 is 2.62 bits per heavy atom. The Morgan fingerprint density at radius 2 is 1.92 bits per heavy atom. The SMILES string of the molecule is Cc1cc(C(=O)N(C)Cc2ccccc2)nc(N2CCOCC2)n1. The molecule has 3 rings (SSSR count). The number of nitrogens with zero attached hydrogens (tertiary/aromatic N) is 4. The quantitative estimate of drug-likeness (QED) is 0.859. The molecular weight excluding hydrogens is 304 g/mol. The number of morpholine rings is 1. The Kier molecular flexibility index (Phi) is 5.05. The average Bonchev–Trinajstić information content (AvgIpc) is 2.62. The maximum Gasteiger partial charge on any atom is 0.272 e. The van der Waals surface area contributed by atoms with Gasteiger partial charge in [-0.15, -0.1) is 0 Å². The minimum atomic E-state index is -0.0983. The van der Waals surface area contributed by atoms with Gasteiger partial charge in [0, 0.05) is 32.4 Å². The molecule has 0 N–H and O–H groups in total. The molecule has 0 atom stereocenters. The van der Waals surface area contributed by atoms with Crippen molar-refractivity contribution in [2.45, 2.75) is 13.5 Å². The smallest absolute Gasteiger partial charge is 0.272 e. The molecule has 1 saturated heterocycles. The number of aromatic nitrogens is 2. The van der Waals surface area contributed by atoms with Crippen LogP contribution in [0.15, 0.2) is 36.4 Å². The Hall–Kier alpha value is -2.47. The van der Waals surface area contributed by atoms with Crippen molar-refractivity contribution < 1.29 is 9.53 Å². The van der Waals surface area contributed by atoms with E-state index in [-0.39, 0.29) is 5.91 Å². The lowest BCUT2D eigenvalue weighted by atomic mass is 10.2. The summed E-state index contributed by atoms with van der Waals surface area (Å²) in [5.74, 6) is 0.508. The third-order valence-corrected chi connectivity index (χ3v) is 3.96. The molecule has 6 nitrogen and oxygen atoms in total. The molecular formula is C18H22N4O2. The van der Waals surface area contributed by atoms with Crippen molar-refractivity contribution in [3.8, 4) is 0 Å². The number of benzene rings is 1. The van der Waals surface area contributed by atoms with Gasteiger partial charge >= 0.3 is 0 Å². The lowest BCUT2D eigenvalue weighted by Crippen LogP contribution is -2.38. The van der Waals surface area contributed by atoms with Crippen LogP contribution in [0.1, 0.15) is 21.7 Å². The van der Waals surface area contributed by atoms with Gasteiger partial charge in [0.1, 0.15) is 5.69 Å².